The molecule has 0 rings (SSSR count). The molecule has 2 amide bonds. The van der Waals surface area contributed by atoms with Crippen LogP contribution in [0.2, 0.25) is 0 Å². The number of rotatable bonds is 16. The van der Waals surface area contributed by atoms with Crippen LogP contribution in [0.3, 0.4) is 0 Å². The summed E-state index contributed by atoms with van der Waals surface area (Å²) in [6.07, 6.45) is 3.18. The van der Waals surface area contributed by atoms with Crippen LogP contribution in [0.15, 0.2) is 0 Å². The minimum absolute atomic E-state index is 0.00897. The van der Waals surface area contributed by atoms with Crippen molar-refractivity contribution in [2.75, 3.05) is 33.2 Å². The van der Waals surface area contributed by atoms with E-state index in [2.05, 4.69) is 16.0 Å². The molecule has 0 bridgehead atoms. The number of carbonyl (C=O) groups is 5. The van der Waals surface area contributed by atoms with Crippen molar-refractivity contribution in [3.63, 3.8) is 0 Å². The standard InChI is InChI=1S/C16H29N5O5/c1-18-14(26)19-7-3-9-21-16(12-24,13-25)5-4-15(10-22,11-23)20-8-2-6-17/h10-13,20-21H,2-9,17H2,1H3,(H2,18,19,26)/p+1. The van der Waals surface area contributed by atoms with Gasteiger partial charge in [0.1, 0.15) is 18.1 Å². The summed E-state index contributed by atoms with van der Waals surface area (Å²) in [5, 5.41) is 9.40. The summed E-state index contributed by atoms with van der Waals surface area (Å²) >= 11 is 0. The molecule has 0 aromatic heterocycles. The van der Waals surface area contributed by atoms with Gasteiger partial charge in [0.15, 0.2) is 12.6 Å². The van der Waals surface area contributed by atoms with E-state index in [1.54, 1.807) is 5.32 Å². The van der Waals surface area contributed by atoms with Gasteiger partial charge >= 0.3 is 6.03 Å². The van der Waals surface area contributed by atoms with E-state index >= 15 is 0 Å². The molecule has 0 aliphatic heterocycles. The zero-order chi connectivity index (χ0) is 19.9. The summed E-state index contributed by atoms with van der Waals surface area (Å²) in [5.74, 6) is 0. The zero-order valence-corrected chi connectivity index (χ0v) is 15.2. The summed E-state index contributed by atoms with van der Waals surface area (Å²) in [6.45, 7) is 1.58. The highest BCUT2D eigenvalue weighted by molar-refractivity contribution is 5.90. The number of hydrogen-bond donors (Lipinski definition) is 5. The molecule has 0 aromatic rings. The second-order valence-corrected chi connectivity index (χ2v) is 6.05. The Morgan fingerprint density at radius 3 is 2.15 bits per heavy atom. The average molecular weight is 372 g/mol. The fourth-order valence-corrected chi connectivity index (χ4v) is 2.27. The molecule has 10 nitrogen and oxygen atoms in total. The van der Waals surface area contributed by atoms with Crippen molar-refractivity contribution in [1.29, 1.82) is 0 Å². The molecule has 0 spiro atoms. The number of hydrogen-bond acceptors (Lipinski definition) is 7. The molecular weight excluding hydrogens is 342 g/mol. The highest BCUT2D eigenvalue weighted by Gasteiger charge is 2.38. The molecule has 0 atom stereocenters. The number of nitrogens with two attached hydrogens (primary N) is 2. The number of amides is 2. The Labute approximate surface area is 153 Å². The summed E-state index contributed by atoms with van der Waals surface area (Å²) in [4.78, 5) is 56.8. The van der Waals surface area contributed by atoms with Gasteiger partial charge in [-0.05, 0) is 25.9 Å². The molecule has 26 heavy (non-hydrogen) atoms. The third-order valence-corrected chi connectivity index (χ3v) is 4.08. The van der Waals surface area contributed by atoms with E-state index < -0.39 is 11.1 Å². The van der Waals surface area contributed by atoms with Gasteiger partial charge < -0.3 is 31.3 Å². The molecule has 0 heterocycles. The Hall–Kier alpha value is -2.17. The first-order valence-corrected chi connectivity index (χ1v) is 8.57. The van der Waals surface area contributed by atoms with Crippen LogP contribution < -0.4 is 27.0 Å². The average Bonchev–Trinajstić information content (AvgIpc) is 2.68. The van der Waals surface area contributed by atoms with Gasteiger partial charge in [-0.3, -0.25) is 14.9 Å². The van der Waals surface area contributed by atoms with E-state index in [-0.39, 0.29) is 18.9 Å². The number of quaternary nitrogens is 1. The number of carbonyl (C=O) groups excluding carboxylic acids is 5. The Morgan fingerprint density at radius 2 is 1.65 bits per heavy atom. The summed E-state index contributed by atoms with van der Waals surface area (Å²) in [5.41, 5.74) is 2.57. The van der Waals surface area contributed by atoms with Crippen LogP contribution in [0.1, 0.15) is 25.7 Å². The molecule has 0 aromatic carbocycles. The van der Waals surface area contributed by atoms with Crippen molar-refractivity contribution in [3.8, 4) is 0 Å². The molecule has 10 heteroatoms. The van der Waals surface area contributed by atoms with E-state index in [0.717, 1.165) is 0 Å². The molecular formula is C16H30N5O5+. The Kier molecular flexibility index (Phi) is 12.0. The Morgan fingerprint density at radius 1 is 1.00 bits per heavy atom. The highest BCUT2D eigenvalue weighted by atomic mass is 16.2. The number of nitrogens with one attached hydrogen (secondary N) is 3. The van der Waals surface area contributed by atoms with Crippen LogP contribution in [-0.2, 0) is 19.2 Å². The third kappa shape index (κ3) is 8.28. The van der Waals surface area contributed by atoms with E-state index in [0.29, 0.717) is 64.2 Å². The number of aldehydes is 4. The lowest BCUT2D eigenvalue weighted by Crippen LogP contribution is -2.98. The van der Waals surface area contributed by atoms with Gasteiger partial charge in [-0.1, -0.05) is 0 Å². The monoisotopic (exact) mass is 372 g/mol. The maximum Gasteiger partial charge on any atom is 0.314 e. The van der Waals surface area contributed by atoms with Crippen LogP contribution in [0, 0.1) is 0 Å². The summed E-state index contributed by atoms with van der Waals surface area (Å²) < 4.78 is 0. The quantitative estimate of drug-likeness (QED) is 0.108. The molecule has 148 valence electrons. The van der Waals surface area contributed by atoms with Crippen molar-refractivity contribution in [2.45, 2.75) is 36.8 Å². The van der Waals surface area contributed by atoms with Crippen molar-refractivity contribution in [3.05, 3.63) is 0 Å². The van der Waals surface area contributed by atoms with Crippen molar-refractivity contribution in [2.24, 2.45) is 5.73 Å². The first kappa shape index (κ1) is 23.8. The SMILES string of the molecule is CNC(=O)NCCC[NH2+]C(C=O)(C=O)CCC(C=O)(C=O)NCCCN. The first-order valence-electron chi connectivity index (χ1n) is 8.57. The van der Waals surface area contributed by atoms with E-state index in [9.17, 15) is 24.0 Å². The highest BCUT2D eigenvalue weighted by Crippen LogP contribution is 2.13. The van der Waals surface area contributed by atoms with E-state index in [4.69, 9.17) is 5.73 Å². The van der Waals surface area contributed by atoms with Gasteiger partial charge in [-0.2, -0.15) is 0 Å². The van der Waals surface area contributed by atoms with Crippen molar-refractivity contribution in [1.82, 2.24) is 16.0 Å². The normalized spacial score (nSPS) is 11.5. The maximum absolute atomic E-state index is 11.5. The minimum Gasteiger partial charge on any atom is -0.341 e. The van der Waals surface area contributed by atoms with Gasteiger partial charge in [0.25, 0.3) is 0 Å². The maximum atomic E-state index is 11.5. The molecule has 0 aliphatic rings. The van der Waals surface area contributed by atoms with Gasteiger partial charge in [0, 0.05) is 26.4 Å². The molecule has 0 radical (unpaired) electrons. The van der Waals surface area contributed by atoms with Gasteiger partial charge in [0.2, 0.25) is 5.54 Å². The fourth-order valence-electron chi connectivity index (χ4n) is 2.27. The minimum atomic E-state index is -1.44. The predicted molar refractivity (Wildman–Crippen MR) is 94.5 cm³/mol. The largest absolute Gasteiger partial charge is 0.341 e. The first-order chi connectivity index (χ1) is 12.5. The van der Waals surface area contributed by atoms with E-state index in [1.165, 1.54) is 7.05 Å². The summed E-state index contributed by atoms with van der Waals surface area (Å²) in [6, 6.07) is -0.313. The Bertz CT molecular complexity index is 456. The van der Waals surface area contributed by atoms with Crippen LogP contribution in [-0.4, -0.2) is 75.5 Å². The lowest BCUT2D eigenvalue weighted by molar-refractivity contribution is -0.696. The van der Waals surface area contributed by atoms with Crippen molar-refractivity contribution >= 4 is 31.2 Å². The van der Waals surface area contributed by atoms with Gasteiger partial charge in [0.05, 0.1) is 6.54 Å². The Balaban J connectivity index is 4.67. The molecule has 0 unspecified atom stereocenters. The second-order valence-electron chi connectivity index (χ2n) is 6.05. The molecule has 7 N–H and O–H groups in total. The molecule has 0 aliphatic carbocycles. The lowest BCUT2D eigenvalue weighted by Gasteiger charge is -2.27. The third-order valence-electron chi connectivity index (χ3n) is 4.08. The smallest absolute Gasteiger partial charge is 0.314 e. The van der Waals surface area contributed by atoms with Crippen LogP contribution in [0.5, 0.6) is 0 Å². The summed E-state index contributed by atoms with van der Waals surface area (Å²) in [7, 11) is 1.50. The predicted octanol–water partition coefficient (Wildman–Crippen LogP) is -3.14. The van der Waals surface area contributed by atoms with Gasteiger partial charge in [-0.15, -0.1) is 0 Å². The van der Waals surface area contributed by atoms with Crippen LogP contribution in [0.25, 0.3) is 0 Å². The molecule has 0 fully saturated rings. The van der Waals surface area contributed by atoms with Crippen LogP contribution >= 0.6 is 0 Å². The molecule has 0 saturated carbocycles. The van der Waals surface area contributed by atoms with Crippen molar-refractivity contribution < 1.29 is 29.3 Å². The van der Waals surface area contributed by atoms with E-state index in [1.807, 2.05) is 0 Å². The topological polar surface area (TPSA) is 164 Å². The van der Waals surface area contributed by atoms with Crippen LogP contribution in [0.4, 0.5) is 4.79 Å². The second kappa shape index (κ2) is 13.1. The fraction of sp³-hybridized carbons (Fsp3) is 0.688. The molecule has 0 saturated heterocycles. The number of urea groups is 1. The lowest BCUT2D eigenvalue weighted by atomic mass is 9.87. The van der Waals surface area contributed by atoms with Gasteiger partial charge in [-0.25, -0.2) is 4.79 Å². The zero-order valence-electron chi connectivity index (χ0n) is 15.2.